The predicted octanol–water partition coefficient (Wildman–Crippen LogP) is 2.90. The van der Waals surface area contributed by atoms with Gasteiger partial charge in [0.25, 0.3) is 0 Å². The summed E-state index contributed by atoms with van der Waals surface area (Å²) < 4.78 is 5.20. The Labute approximate surface area is 119 Å². The average Bonchev–Trinajstić information content (AvgIpc) is 2.71. The van der Waals surface area contributed by atoms with E-state index in [-0.39, 0.29) is 12.0 Å². The molecular formula is C15H24N2O3. The van der Waals surface area contributed by atoms with Gasteiger partial charge in [-0.15, -0.1) is 0 Å². The molecule has 1 saturated carbocycles. The fourth-order valence-electron chi connectivity index (χ4n) is 3.32. The fourth-order valence-corrected chi connectivity index (χ4v) is 3.32. The van der Waals surface area contributed by atoms with Crippen LogP contribution in [0.5, 0.6) is 0 Å². The molecule has 0 aliphatic heterocycles. The summed E-state index contributed by atoms with van der Waals surface area (Å²) in [6.07, 6.45) is 5.56. The van der Waals surface area contributed by atoms with Crippen molar-refractivity contribution in [2.75, 3.05) is 7.05 Å². The highest BCUT2D eigenvalue weighted by molar-refractivity contribution is 5.68. The van der Waals surface area contributed by atoms with E-state index in [1.165, 1.54) is 6.42 Å². The highest BCUT2D eigenvalue weighted by Crippen LogP contribution is 2.37. The van der Waals surface area contributed by atoms with Crippen molar-refractivity contribution >= 4 is 5.97 Å². The van der Waals surface area contributed by atoms with Crippen molar-refractivity contribution in [3.05, 3.63) is 17.0 Å². The summed E-state index contributed by atoms with van der Waals surface area (Å²) in [5.41, 5.74) is 1.76. The van der Waals surface area contributed by atoms with Crippen molar-refractivity contribution in [3.63, 3.8) is 0 Å². The first-order chi connectivity index (χ1) is 9.44. The van der Waals surface area contributed by atoms with Crippen LogP contribution >= 0.6 is 0 Å². The number of rotatable bonds is 5. The van der Waals surface area contributed by atoms with Gasteiger partial charge in [0, 0.05) is 17.6 Å². The van der Waals surface area contributed by atoms with Crippen LogP contribution in [-0.2, 0) is 11.3 Å². The highest BCUT2D eigenvalue weighted by Gasteiger charge is 2.38. The lowest BCUT2D eigenvalue weighted by Gasteiger charge is -2.44. The standard InChI is InChI=1S/C15H24N2O3/c1-11-13(12(2)20-16-11)10-17(3)15(9-14(18)19)7-5-4-6-8-15/h4-10H2,1-3H3,(H,18,19). The Morgan fingerprint density at radius 1 is 1.35 bits per heavy atom. The molecule has 0 radical (unpaired) electrons. The van der Waals surface area contributed by atoms with Crippen LogP contribution in [0.25, 0.3) is 0 Å². The molecule has 0 spiro atoms. The van der Waals surface area contributed by atoms with E-state index < -0.39 is 5.97 Å². The Balaban J connectivity index is 2.18. The van der Waals surface area contributed by atoms with Gasteiger partial charge in [-0.05, 0) is 33.7 Å². The molecule has 0 unspecified atom stereocenters. The first kappa shape index (κ1) is 15.0. The predicted molar refractivity (Wildman–Crippen MR) is 75.5 cm³/mol. The van der Waals surface area contributed by atoms with E-state index in [1.807, 2.05) is 20.9 Å². The van der Waals surface area contributed by atoms with Crippen LogP contribution in [0.3, 0.4) is 0 Å². The van der Waals surface area contributed by atoms with Gasteiger partial charge in [0.1, 0.15) is 5.76 Å². The molecule has 1 heterocycles. The molecule has 0 amide bonds. The van der Waals surface area contributed by atoms with E-state index in [0.717, 1.165) is 42.7 Å². The minimum absolute atomic E-state index is 0.215. The second-order valence-electron chi connectivity index (χ2n) is 6.01. The molecule has 1 aromatic heterocycles. The van der Waals surface area contributed by atoms with E-state index >= 15 is 0 Å². The monoisotopic (exact) mass is 280 g/mol. The van der Waals surface area contributed by atoms with Crippen molar-refractivity contribution in [2.45, 2.75) is 64.5 Å². The van der Waals surface area contributed by atoms with Crippen LogP contribution < -0.4 is 0 Å². The van der Waals surface area contributed by atoms with Crippen LogP contribution in [-0.4, -0.2) is 33.7 Å². The lowest BCUT2D eigenvalue weighted by Crippen LogP contribution is -2.49. The first-order valence-corrected chi connectivity index (χ1v) is 7.29. The van der Waals surface area contributed by atoms with Gasteiger partial charge in [-0.2, -0.15) is 0 Å². The Kier molecular flexibility index (Phi) is 4.48. The fraction of sp³-hybridized carbons (Fsp3) is 0.733. The highest BCUT2D eigenvalue weighted by atomic mass is 16.5. The van der Waals surface area contributed by atoms with Crippen molar-refractivity contribution in [1.29, 1.82) is 0 Å². The van der Waals surface area contributed by atoms with Crippen LogP contribution in [0.15, 0.2) is 4.52 Å². The van der Waals surface area contributed by atoms with Crippen LogP contribution in [0.2, 0.25) is 0 Å². The van der Waals surface area contributed by atoms with Gasteiger partial charge in [-0.1, -0.05) is 24.4 Å². The Morgan fingerprint density at radius 2 is 2.00 bits per heavy atom. The maximum Gasteiger partial charge on any atom is 0.305 e. The van der Waals surface area contributed by atoms with Gasteiger partial charge in [-0.25, -0.2) is 0 Å². The normalized spacial score (nSPS) is 18.4. The summed E-state index contributed by atoms with van der Waals surface area (Å²) in [4.78, 5) is 13.5. The van der Waals surface area contributed by atoms with Crippen LogP contribution in [0.1, 0.15) is 55.5 Å². The summed E-state index contributed by atoms with van der Waals surface area (Å²) >= 11 is 0. The van der Waals surface area contributed by atoms with Gasteiger partial charge < -0.3 is 9.63 Å². The van der Waals surface area contributed by atoms with E-state index in [2.05, 4.69) is 10.1 Å². The van der Waals surface area contributed by atoms with Gasteiger partial charge in [-0.3, -0.25) is 9.69 Å². The minimum atomic E-state index is -0.711. The largest absolute Gasteiger partial charge is 0.481 e. The summed E-state index contributed by atoms with van der Waals surface area (Å²) in [5, 5.41) is 13.2. The van der Waals surface area contributed by atoms with Gasteiger partial charge in [0.15, 0.2) is 0 Å². The average molecular weight is 280 g/mol. The maximum absolute atomic E-state index is 11.3. The molecule has 112 valence electrons. The lowest BCUT2D eigenvalue weighted by atomic mass is 9.78. The van der Waals surface area contributed by atoms with Gasteiger partial charge in [0.2, 0.25) is 0 Å². The lowest BCUT2D eigenvalue weighted by molar-refractivity contribution is -0.141. The number of carbonyl (C=O) groups is 1. The first-order valence-electron chi connectivity index (χ1n) is 7.29. The minimum Gasteiger partial charge on any atom is -0.481 e. The molecular weight excluding hydrogens is 256 g/mol. The Bertz CT molecular complexity index is 456. The molecule has 0 bridgehead atoms. The number of aliphatic carboxylic acids is 1. The number of hydrogen-bond acceptors (Lipinski definition) is 4. The molecule has 5 nitrogen and oxygen atoms in total. The quantitative estimate of drug-likeness (QED) is 0.898. The third kappa shape index (κ3) is 3.03. The van der Waals surface area contributed by atoms with Gasteiger partial charge in [0.05, 0.1) is 12.1 Å². The molecule has 2 rings (SSSR count). The van der Waals surface area contributed by atoms with Gasteiger partial charge >= 0.3 is 5.97 Å². The number of hydrogen-bond donors (Lipinski definition) is 1. The number of carboxylic acids is 1. The SMILES string of the molecule is Cc1noc(C)c1CN(C)C1(CC(=O)O)CCCCC1. The second kappa shape index (κ2) is 5.95. The van der Waals surface area contributed by atoms with Crippen molar-refractivity contribution in [2.24, 2.45) is 0 Å². The van der Waals surface area contributed by atoms with Crippen molar-refractivity contribution in [3.8, 4) is 0 Å². The maximum atomic E-state index is 11.3. The number of nitrogens with zero attached hydrogens (tertiary/aromatic N) is 2. The molecule has 20 heavy (non-hydrogen) atoms. The van der Waals surface area contributed by atoms with Crippen molar-refractivity contribution in [1.82, 2.24) is 10.1 Å². The summed E-state index contributed by atoms with van der Waals surface area (Å²) in [6.45, 7) is 4.55. The third-order valence-corrected chi connectivity index (χ3v) is 4.65. The summed E-state index contributed by atoms with van der Waals surface area (Å²) in [7, 11) is 2.03. The topological polar surface area (TPSA) is 66.6 Å². The molecule has 1 N–H and O–H groups in total. The summed E-state index contributed by atoms with van der Waals surface area (Å²) in [5.74, 6) is 0.119. The number of aryl methyl sites for hydroxylation is 2. The van der Waals surface area contributed by atoms with E-state index in [9.17, 15) is 9.90 Å². The zero-order chi connectivity index (χ0) is 14.8. The molecule has 5 heteroatoms. The molecule has 0 saturated heterocycles. The zero-order valence-corrected chi connectivity index (χ0v) is 12.6. The Morgan fingerprint density at radius 3 is 2.50 bits per heavy atom. The molecule has 1 aliphatic carbocycles. The van der Waals surface area contributed by atoms with Crippen LogP contribution in [0.4, 0.5) is 0 Å². The van der Waals surface area contributed by atoms with E-state index in [1.54, 1.807) is 0 Å². The van der Waals surface area contributed by atoms with Crippen molar-refractivity contribution < 1.29 is 14.4 Å². The van der Waals surface area contributed by atoms with E-state index in [4.69, 9.17) is 4.52 Å². The molecule has 1 aliphatic rings. The smallest absolute Gasteiger partial charge is 0.305 e. The molecule has 0 aromatic carbocycles. The third-order valence-electron chi connectivity index (χ3n) is 4.65. The molecule has 1 aromatic rings. The second-order valence-corrected chi connectivity index (χ2v) is 6.01. The van der Waals surface area contributed by atoms with E-state index in [0.29, 0.717) is 6.54 Å². The Hall–Kier alpha value is -1.36. The number of aromatic nitrogens is 1. The van der Waals surface area contributed by atoms with Crippen LogP contribution in [0, 0.1) is 13.8 Å². The molecule has 0 atom stereocenters. The summed E-state index contributed by atoms with van der Waals surface area (Å²) in [6, 6.07) is 0. The zero-order valence-electron chi connectivity index (χ0n) is 12.6. The molecule has 1 fully saturated rings. The number of carboxylic acid groups (broad SMARTS) is 1.